The fraction of sp³-hybridized carbons (Fsp3) is 0. The van der Waals surface area contributed by atoms with Gasteiger partial charge in [0.1, 0.15) is 0 Å². The molecule has 0 N–H and O–H groups in total. The maximum absolute atomic E-state index is 5.58. The van der Waals surface area contributed by atoms with Crippen LogP contribution >= 0.6 is 0 Å². The van der Waals surface area contributed by atoms with E-state index in [1.54, 1.807) is 0 Å². The number of hydrogen-bond acceptors (Lipinski definition) is 6. The van der Waals surface area contributed by atoms with Crippen LogP contribution in [-0.4, -0.2) is 43.4 Å². The summed E-state index contributed by atoms with van der Waals surface area (Å²) in [7, 11) is 0. The Labute approximate surface area is 530 Å². The highest BCUT2D eigenvalue weighted by Gasteiger charge is 2.30. The average molecular weight is 1180 g/mol. The molecule has 14 aromatic carbocycles. The van der Waals surface area contributed by atoms with Crippen LogP contribution in [0.2, 0.25) is 0 Å². The van der Waals surface area contributed by atoms with Gasteiger partial charge in [0.15, 0.2) is 23.3 Å². The van der Waals surface area contributed by atoms with Crippen LogP contribution in [0.4, 0.5) is 0 Å². The molecule has 0 saturated carbocycles. The van der Waals surface area contributed by atoms with E-state index >= 15 is 0 Å². The first-order chi connectivity index (χ1) is 46.1. The molecule has 0 atom stereocenters. The van der Waals surface area contributed by atoms with E-state index in [0.717, 1.165) is 104 Å². The largest absolute Gasteiger partial charge is 0.307 e. The summed E-state index contributed by atoms with van der Waals surface area (Å²) >= 11 is 0. The zero-order valence-corrected chi connectivity index (χ0v) is 49.7. The first-order valence-corrected chi connectivity index (χ1v) is 31.5. The first kappa shape index (κ1) is 50.2. The Morgan fingerprint density at radius 2 is 0.645 bits per heavy atom. The number of para-hydroxylation sites is 1. The minimum absolute atomic E-state index is 0.561. The molecule has 20 aromatic rings. The van der Waals surface area contributed by atoms with Gasteiger partial charge in [0, 0.05) is 76.1 Å². The third-order valence-electron chi connectivity index (χ3n) is 19.6. The molecule has 0 bridgehead atoms. The lowest BCUT2D eigenvalue weighted by Crippen LogP contribution is -2.07. The molecule has 6 heterocycles. The monoisotopic (exact) mass is 1180 g/mol. The lowest BCUT2D eigenvalue weighted by Gasteiger charge is -2.16. The van der Waals surface area contributed by atoms with Crippen LogP contribution in [0.15, 0.2) is 285 Å². The van der Waals surface area contributed by atoms with E-state index in [2.05, 4.69) is 244 Å². The molecule has 1 aliphatic rings. The minimum Gasteiger partial charge on any atom is -0.307 e. The molecule has 93 heavy (non-hydrogen) atoms. The molecule has 0 aliphatic heterocycles. The molecule has 1 aliphatic carbocycles. The second-order valence-corrected chi connectivity index (χ2v) is 24.5. The molecular formula is C84H47N9. The molecule has 428 valence electrons. The molecule has 0 unspecified atom stereocenters. The summed E-state index contributed by atoms with van der Waals surface area (Å²) in [6.45, 7) is 0. The minimum atomic E-state index is 0.561. The van der Waals surface area contributed by atoms with Crippen molar-refractivity contribution in [3.8, 4) is 90.8 Å². The van der Waals surface area contributed by atoms with Gasteiger partial charge in [0.25, 0.3) is 0 Å². The highest BCUT2D eigenvalue weighted by molar-refractivity contribution is 6.38. The van der Waals surface area contributed by atoms with E-state index in [1.807, 2.05) is 54.6 Å². The number of hydrogen-bond donors (Lipinski definition) is 0. The van der Waals surface area contributed by atoms with E-state index in [-0.39, 0.29) is 0 Å². The van der Waals surface area contributed by atoms with Gasteiger partial charge in [-0.25, -0.2) is 9.97 Å². The van der Waals surface area contributed by atoms with Crippen LogP contribution in [0.5, 0.6) is 0 Å². The Bertz CT molecular complexity index is 6550. The number of aromatic nitrogens is 9. The van der Waals surface area contributed by atoms with E-state index in [9.17, 15) is 0 Å². The molecule has 6 aromatic heterocycles. The number of benzene rings is 14. The maximum Gasteiger partial charge on any atom is 0.238 e. The standard InChI is InChI=1S/C84H47N9/c1-4-20-48(21-5-1)79-85-80(49-22-6-2-7-23-49)88-83(87-79)91-68-38-19-36-63-59-31-14-15-37-67(59)92-76-55-42-40-52(46-53(55)41-43-65(76)66-44-45-70(91)74(72(63)68)77(66)92)51-26-16-27-54(47-51)82-86-81(50-24-8-3-9-25-50)89-84(90-82)93-69-39-18-35-62-57-29-11-10-28-56(57)60-33-17-34-61-58-30-12-13-32-64(58)78(93)75(71(60)61)73(62)69/h1-47H. The quantitative estimate of drug-likeness (QED) is 0.148. The molecule has 0 amide bonds. The third-order valence-corrected chi connectivity index (χ3v) is 19.6. The maximum atomic E-state index is 5.58. The van der Waals surface area contributed by atoms with Gasteiger partial charge < -0.3 is 4.40 Å². The summed E-state index contributed by atoms with van der Waals surface area (Å²) in [5.41, 5.74) is 18.3. The summed E-state index contributed by atoms with van der Waals surface area (Å²) in [4.78, 5) is 32.1. The molecule has 0 saturated heterocycles. The van der Waals surface area contributed by atoms with E-state index in [4.69, 9.17) is 29.9 Å². The zero-order valence-electron chi connectivity index (χ0n) is 49.7. The van der Waals surface area contributed by atoms with E-state index in [0.29, 0.717) is 35.2 Å². The Balaban J connectivity index is 0.760. The lowest BCUT2D eigenvalue weighted by molar-refractivity contribution is 0.953. The summed E-state index contributed by atoms with van der Waals surface area (Å²) in [6, 6.07) is 102. The molecule has 0 spiro atoms. The Kier molecular flexibility index (Phi) is 10.2. The second kappa shape index (κ2) is 18.9. The van der Waals surface area contributed by atoms with Gasteiger partial charge in [-0.15, -0.1) is 0 Å². The van der Waals surface area contributed by atoms with Crippen molar-refractivity contribution in [1.82, 2.24) is 43.4 Å². The molecule has 0 fully saturated rings. The van der Waals surface area contributed by atoms with Crippen molar-refractivity contribution in [1.29, 1.82) is 0 Å². The van der Waals surface area contributed by atoms with Crippen LogP contribution in [0.25, 0.3) is 205 Å². The average Bonchev–Trinajstić information content (AvgIpc) is 1.53. The fourth-order valence-corrected chi connectivity index (χ4v) is 15.7. The molecular weight excluding hydrogens is 1130 g/mol. The van der Waals surface area contributed by atoms with E-state index in [1.165, 1.54) is 65.3 Å². The van der Waals surface area contributed by atoms with Crippen LogP contribution in [-0.2, 0) is 0 Å². The van der Waals surface area contributed by atoms with Gasteiger partial charge in [0.2, 0.25) is 11.9 Å². The SMILES string of the molecule is c1ccc(-c2nc(-c3ccccc3)nc(-n3c4cccc5c6ccccc6n6c7c8ccc(-c9cccc(-c%10nc(-c%11ccccc%11)nc(-n%11c%12cccc%13c%12c%12c%14c(cccc%14c%14ccccc%14c%12%11)-c%11ccccc%11-%13)n%10)c9)cc8ccc7c7ccc3c(c54)c76)n2)cc1. The van der Waals surface area contributed by atoms with E-state index < -0.39 is 0 Å². The number of rotatable bonds is 7. The predicted molar refractivity (Wildman–Crippen MR) is 381 cm³/mol. The van der Waals surface area contributed by atoms with Crippen molar-refractivity contribution >= 4 is 114 Å². The molecule has 9 heteroatoms. The van der Waals surface area contributed by atoms with Crippen molar-refractivity contribution in [2.75, 3.05) is 0 Å². The summed E-state index contributed by atoms with van der Waals surface area (Å²) in [6.07, 6.45) is 0. The Morgan fingerprint density at radius 1 is 0.204 bits per heavy atom. The van der Waals surface area contributed by atoms with Gasteiger partial charge in [-0.3, -0.25) is 9.13 Å². The van der Waals surface area contributed by atoms with Crippen LogP contribution in [0, 0.1) is 0 Å². The third kappa shape index (κ3) is 7.04. The number of nitrogens with zero attached hydrogens (tertiary/aromatic N) is 9. The van der Waals surface area contributed by atoms with Gasteiger partial charge in [0.05, 0.1) is 38.6 Å². The van der Waals surface area contributed by atoms with Gasteiger partial charge in [-0.1, -0.05) is 249 Å². The predicted octanol–water partition coefficient (Wildman–Crippen LogP) is 20.8. The fourth-order valence-electron chi connectivity index (χ4n) is 15.7. The number of fused-ring (bicyclic) bond motifs is 14. The second-order valence-electron chi connectivity index (χ2n) is 24.5. The highest BCUT2D eigenvalue weighted by Crippen LogP contribution is 2.53. The van der Waals surface area contributed by atoms with Crippen molar-refractivity contribution in [3.05, 3.63) is 285 Å². The van der Waals surface area contributed by atoms with Crippen LogP contribution in [0.3, 0.4) is 0 Å². The smallest absolute Gasteiger partial charge is 0.238 e. The lowest BCUT2D eigenvalue weighted by atomic mass is 9.91. The van der Waals surface area contributed by atoms with Crippen LogP contribution in [0.1, 0.15) is 0 Å². The zero-order chi connectivity index (χ0) is 60.6. The highest BCUT2D eigenvalue weighted by atomic mass is 15.2. The van der Waals surface area contributed by atoms with Crippen molar-refractivity contribution in [2.45, 2.75) is 0 Å². The Hall–Kier alpha value is -12.7. The van der Waals surface area contributed by atoms with Crippen LogP contribution < -0.4 is 0 Å². The summed E-state index contributed by atoms with van der Waals surface area (Å²) in [5, 5.41) is 16.5. The molecule has 9 nitrogen and oxygen atoms in total. The van der Waals surface area contributed by atoms with Crippen molar-refractivity contribution < 1.29 is 0 Å². The van der Waals surface area contributed by atoms with Gasteiger partial charge >= 0.3 is 0 Å². The van der Waals surface area contributed by atoms with Gasteiger partial charge in [-0.2, -0.15) is 19.9 Å². The normalized spacial score (nSPS) is 12.3. The molecule has 0 radical (unpaired) electrons. The van der Waals surface area contributed by atoms with Crippen molar-refractivity contribution in [2.24, 2.45) is 0 Å². The van der Waals surface area contributed by atoms with Gasteiger partial charge in [-0.05, 0) is 91.3 Å². The van der Waals surface area contributed by atoms with Crippen molar-refractivity contribution in [3.63, 3.8) is 0 Å². The summed E-state index contributed by atoms with van der Waals surface area (Å²) < 4.78 is 7.09. The first-order valence-electron chi connectivity index (χ1n) is 31.5. The Morgan fingerprint density at radius 3 is 1.34 bits per heavy atom. The summed E-state index contributed by atoms with van der Waals surface area (Å²) in [5.74, 6) is 3.55. The topological polar surface area (TPSA) is 91.6 Å². The molecule has 21 rings (SSSR count).